The maximum absolute atomic E-state index is 6.70. The average molecular weight is 749 g/mol. The molecular formula is C56H32N2O. The van der Waals surface area contributed by atoms with Crippen LogP contribution in [-0.4, -0.2) is 9.55 Å². The van der Waals surface area contributed by atoms with Crippen molar-refractivity contribution in [2.45, 2.75) is 5.41 Å². The van der Waals surface area contributed by atoms with Gasteiger partial charge in [-0.3, -0.25) is 0 Å². The van der Waals surface area contributed by atoms with E-state index in [9.17, 15) is 0 Å². The fourth-order valence-corrected chi connectivity index (χ4v) is 11.1. The zero-order valence-corrected chi connectivity index (χ0v) is 31.8. The zero-order valence-electron chi connectivity index (χ0n) is 31.8. The molecule has 12 aromatic rings. The Morgan fingerprint density at radius 1 is 0.441 bits per heavy atom. The highest BCUT2D eigenvalue weighted by Crippen LogP contribution is 2.64. The summed E-state index contributed by atoms with van der Waals surface area (Å²) in [6, 6.07) is 71.0. The van der Waals surface area contributed by atoms with Gasteiger partial charge in [0.15, 0.2) is 5.58 Å². The third-order valence-electron chi connectivity index (χ3n) is 13.4. The minimum atomic E-state index is -0.420. The monoisotopic (exact) mass is 748 g/mol. The maximum Gasteiger partial charge on any atom is 0.160 e. The first kappa shape index (κ1) is 31.3. The number of nitrogens with zero attached hydrogens (tertiary/aromatic N) is 2. The van der Waals surface area contributed by atoms with Crippen LogP contribution in [0.25, 0.3) is 105 Å². The van der Waals surface area contributed by atoms with Gasteiger partial charge in [0, 0.05) is 49.0 Å². The van der Waals surface area contributed by atoms with E-state index in [2.05, 4.69) is 193 Å². The van der Waals surface area contributed by atoms with Crippen molar-refractivity contribution in [3.8, 4) is 39.2 Å². The second-order valence-electron chi connectivity index (χ2n) is 16.1. The first-order chi connectivity index (χ1) is 29.3. The third-order valence-corrected chi connectivity index (χ3v) is 13.4. The van der Waals surface area contributed by atoms with E-state index in [1.165, 1.54) is 66.1 Å². The molecule has 272 valence electrons. The van der Waals surface area contributed by atoms with Crippen molar-refractivity contribution in [1.29, 1.82) is 0 Å². The summed E-state index contributed by atoms with van der Waals surface area (Å²) >= 11 is 0. The third kappa shape index (κ3) is 3.85. The Balaban J connectivity index is 1.07. The van der Waals surface area contributed by atoms with Gasteiger partial charge >= 0.3 is 0 Å². The van der Waals surface area contributed by atoms with Crippen LogP contribution in [0.2, 0.25) is 0 Å². The molecule has 0 amide bonds. The van der Waals surface area contributed by atoms with Crippen molar-refractivity contribution in [1.82, 2.24) is 9.55 Å². The van der Waals surface area contributed by atoms with Crippen molar-refractivity contribution in [3.63, 3.8) is 0 Å². The number of hydrogen-bond acceptors (Lipinski definition) is 2. The number of benzene rings is 9. The second kappa shape index (κ2) is 11.2. The summed E-state index contributed by atoms with van der Waals surface area (Å²) in [6.07, 6.45) is 0. The molecule has 1 spiro atoms. The molecule has 14 rings (SSSR count). The van der Waals surface area contributed by atoms with Gasteiger partial charge in [-0.2, -0.15) is 0 Å². The van der Waals surface area contributed by atoms with Crippen LogP contribution >= 0.6 is 0 Å². The van der Waals surface area contributed by atoms with E-state index in [-0.39, 0.29) is 0 Å². The summed E-state index contributed by atoms with van der Waals surface area (Å²) in [6.45, 7) is 0. The zero-order chi connectivity index (χ0) is 38.4. The predicted molar refractivity (Wildman–Crippen MR) is 243 cm³/mol. The molecule has 0 radical (unpaired) electrons. The second-order valence-corrected chi connectivity index (χ2v) is 16.1. The lowest BCUT2D eigenvalue weighted by Gasteiger charge is -2.30. The fourth-order valence-electron chi connectivity index (χ4n) is 11.1. The molecule has 0 aliphatic heterocycles. The van der Waals surface area contributed by atoms with Crippen molar-refractivity contribution in [2.75, 3.05) is 0 Å². The lowest BCUT2D eigenvalue weighted by atomic mass is 9.70. The standard InChI is InChI=1S/C56H32N2O/c1-7-22-44-35(16-1)36-17-2-8-23-45(36)56(44)46-24-9-3-20-41(46)52-47(56)31-30-43-51(52)42-21-4-10-25-48(42)57-53(43)33-14-13-15-34(32-33)58-49-26-11-5-18-37(49)39-28-29-40-38-19-6-12-27-50(38)59-55(40)54(39)58/h1-32H. The summed E-state index contributed by atoms with van der Waals surface area (Å²) in [5.41, 5.74) is 18.3. The lowest BCUT2D eigenvalue weighted by Crippen LogP contribution is -2.25. The number of fused-ring (bicyclic) bond motifs is 21. The van der Waals surface area contributed by atoms with Gasteiger partial charge in [0.2, 0.25) is 0 Å². The Labute approximate surface area is 339 Å². The number of hydrogen-bond donors (Lipinski definition) is 0. The number of pyridine rings is 1. The van der Waals surface area contributed by atoms with Crippen LogP contribution in [0.4, 0.5) is 0 Å². The van der Waals surface area contributed by atoms with Crippen LogP contribution in [0, 0.1) is 0 Å². The summed E-state index contributed by atoms with van der Waals surface area (Å²) in [7, 11) is 0. The summed E-state index contributed by atoms with van der Waals surface area (Å²) in [4.78, 5) is 5.51. The van der Waals surface area contributed by atoms with Crippen LogP contribution in [0.5, 0.6) is 0 Å². The summed E-state index contributed by atoms with van der Waals surface area (Å²) in [5.74, 6) is 0. The van der Waals surface area contributed by atoms with E-state index >= 15 is 0 Å². The smallest absolute Gasteiger partial charge is 0.160 e. The predicted octanol–water partition coefficient (Wildman–Crippen LogP) is 14.4. The van der Waals surface area contributed by atoms with Crippen LogP contribution in [-0.2, 0) is 5.41 Å². The van der Waals surface area contributed by atoms with Crippen molar-refractivity contribution in [2.24, 2.45) is 0 Å². The molecule has 3 nitrogen and oxygen atoms in total. The molecule has 59 heavy (non-hydrogen) atoms. The molecule has 3 heteroatoms. The van der Waals surface area contributed by atoms with Crippen molar-refractivity contribution >= 4 is 65.4 Å². The molecule has 0 bridgehead atoms. The Morgan fingerprint density at radius 3 is 1.88 bits per heavy atom. The molecule has 0 atom stereocenters. The summed E-state index contributed by atoms with van der Waals surface area (Å²) in [5, 5.41) is 8.18. The minimum Gasteiger partial charge on any atom is -0.454 e. The Morgan fingerprint density at radius 2 is 1.07 bits per heavy atom. The Bertz CT molecular complexity index is 3760. The molecule has 2 aliphatic carbocycles. The van der Waals surface area contributed by atoms with Crippen molar-refractivity contribution in [3.05, 3.63) is 216 Å². The topological polar surface area (TPSA) is 31.0 Å². The van der Waals surface area contributed by atoms with Crippen molar-refractivity contribution < 1.29 is 4.42 Å². The van der Waals surface area contributed by atoms with Gasteiger partial charge in [-0.25, -0.2) is 4.98 Å². The number of para-hydroxylation sites is 3. The van der Waals surface area contributed by atoms with Gasteiger partial charge in [0.1, 0.15) is 5.58 Å². The first-order valence-corrected chi connectivity index (χ1v) is 20.4. The molecule has 0 fully saturated rings. The van der Waals surface area contributed by atoms with Crippen LogP contribution in [0.3, 0.4) is 0 Å². The normalized spacial score (nSPS) is 13.6. The lowest BCUT2D eigenvalue weighted by molar-refractivity contribution is 0.671. The molecule has 0 saturated carbocycles. The Kier molecular flexibility index (Phi) is 5.96. The summed E-state index contributed by atoms with van der Waals surface area (Å²) < 4.78 is 9.08. The molecule has 2 aliphatic rings. The van der Waals surface area contributed by atoms with Crippen LogP contribution in [0.15, 0.2) is 199 Å². The van der Waals surface area contributed by atoms with Gasteiger partial charge in [-0.1, -0.05) is 158 Å². The molecule has 0 saturated heterocycles. The Hall–Kier alpha value is -7.75. The van der Waals surface area contributed by atoms with Gasteiger partial charge < -0.3 is 8.98 Å². The average Bonchev–Trinajstić information content (AvgIpc) is 4.02. The van der Waals surface area contributed by atoms with E-state index in [0.717, 1.165) is 60.8 Å². The molecular weight excluding hydrogens is 717 g/mol. The van der Waals surface area contributed by atoms with Crippen LogP contribution in [0.1, 0.15) is 22.3 Å². The first-order valence-electron chi connectivity index (χ1n) is 20.4. The highest BCUT2D eigenvalue weighted by molar-refractivity contribution is 6.22. The van der Waals surface area contributed by atoms with E-state index in [4.69, 9.17) is 9.40 Å². The number of rotatable bonds is 2. The minimum absolute atomic E-state index is 0.420. The highest BCUT2D eigenvalue weighted by atomic mass is 16.3. The van der Waals surface area contributed by atoms with Crippen LogP contribution < -0.4 is 0 Å². The molecule has 0 N–H and O–H groups in total. The number of aromatic nitrogens is 2. The van der Waals surface area contributed by atoms with E-state index in [0.29, 0.717) is 0 Å². The maximum atomic E-state index is 6.70. The van der Waals surface area contributed by atoms with E-state index < -0.39 is 5.41 Å². The SMILES string of the molecule is c1cc(-c2nc3ccccc3c3c4c(ccc23)C2(c3ccccc3-c3ccccc32)c2ccccc2-4)cc(-n2c3ccccc3c3ccc4c5ccccc5oc4c32)c1. The molecule has 3 heterocycles. The largest absolute Gasteiger partial charge is 0.454 e. The van der Waals surface area contributed by atoms with Gasteiger partial charge in [-0.05, 0) is 80.9 Å². The van der Waals surface area contributed by atoms with E-state index in [1.54, 1.807) is 0 Å². The van der Waals surface area contributed by atoms with Gasteiger partial charge in [0.05, 0.1) is 27.7 Å². The van der Waals surface area contributed by atoms with Gasteiger partial charge in [-0.15, -0.1) is 0 Å². The highest BCUT2D eigenvalue weighted by Gasteiger charge is 2.52. The molecule has 9 aromatic carbocycles. The van der Waals surface area contributed by atoms with Gasteiger partial charge in [0.25, 0.3) is 0 Å². The van der Waals surface area contributed by atoms with E-state index in [1.807, 2.05) is 6.07 Å². The quantitative estimate of drug-likeness (QED) is 0.165. The fraction of sp³-hybridized carbons (Fsp3) is 0.0179. The molecule has 3 aromatic heterocycles. The number of furan rings is 1. The molecule has 0 unspecified atom stereocenters.